The molecule has 3 rings (SSSR count). The monoisotopic (exact) mass is 310 g/mol. The molecule has 2 heterocycles. The van der Waals surface area contributed by atoms with Gasteiger partial charge in [0.1, 0.15) is 0 Å². The minimum atomic E-state index is 0.150. The minimum absolute atomic E-state index is 0.150. The van der Waals surface area contributed by atoms with Crippen molar-refractivity contribution in [3.63, 3.8) is 0 Å². The summed E-state index contributed by atoms with van der Waals surface area (Å²) in [4.78, 5) is 11.1. The van der Waals surface area contributed by atoms with Crippen LogP contribution in [0.5, 0.6) is 0 Å². The summed E-state index contributed by atoms with van der Waals surface area (Å²) in [5.74, 6) is 0. The van der Waals surface area contributed by atoms with Crippen LogP contribution in [0.25, 0.3) is 0 Å². The first-order valence-electron chi connectivity index (χ1n) is 8.58. The zero-order chi connectivity index (χ0) is 16.1. The Kier molecular flexibility index (Phi) is 5.23. The molecule has 0 amide bonds. The van der Waals surface area contributed by atoms with Crippen LogP contribution in [0.3, 0.4) is 0 Å². The molecule has 2 atom stereocenters. The lowest BCUT2D eigenvalue weighted by Gasteiger charge is -2.33. The molecule has 2 aromatic rings. The van der Waals surface area contributed by atoms with Crippen molar-refractivity contribution >= 4 is 5.69 Å². The lowest BCUT2D eigenvalue weighted by molar-refractivity contribution is 0.152. The second-order valence-corrected chi connectivity index (χ2v) is 6.51. The molecule has 1 aliphatic rings. The third kappa shape index (κ3) is 4.29. The predicted octanol–water partition coefficient (Wildman–Crippen LogP) is 4.02. The fourth-order valence-electron chi connectivity index (χ4n) is 3.19. The number of hydrogen-bond acceptors (Lipinski definition) is 4. The van der Waals surface area contributed by atoms with Gasteiger partial charge in [-0.25, -0.2) is 0 Å². The summed E-state index contributed by atoms with van der Waals surface area (Å²) < 4.78 is 0. The summed E-state index contributed by atoms with van der Waals surface area (Å²) in [6.45, 7) is 6.73. The number of rotatable bonds is 5. The van der Waals surface area contributed by atoms with Gasteiger partial charge in [-0.3, -0.25) is 14.9 Å². The number of nitrogens with one attached hydrogen (secondary N) is 1. The van der Waals surface area contributed by atoms with E-state index in [0.29, 0.717) is 6.04 Å². The largest absolute Gasteiger partial charge is 0.377 e. The van der Waals surface area contributed by atoms with Gasteiger partial charge in [0.05, 0.1) is 17.9 Å². The maximum absolute atomic E-state index is 4.35. The highest BCUT2D eigenvalue weighted by Gasteiger charge is 2.18. The van der Waals surface area contributed by atoms with Crippen LogP contribution < -0.4 is 5.32 Å². The first-order chi connectivity index (χ1) is 11.2. The normalized spacial score (nSPS) is 20.2. The SMILES string of the molecule is C[C@@H](Nc1ccc(CN2CCCC[C@@H]2C)cc1)c1cnccn1. The van der Waals surface area contributed by atoms with Gasteiger partial charge in [-0.05, 0) is 50.9 Å². The van der Waals surface area contributed by atoms with Crippen LogP contribution >= 0.6 is 0 Å². The average molecular weight is 310 g/mol. The smallest absolute Gasteiger partial charge is 0.0806 e. The van der Waals surface area contributed by atoms with Crippen molar-refractivity contribution < 1.29 is 0 Å². The van der Waals surface area contributed by atoms with Gasteiger partial charge in [0, 0.05) is 30.7 Å². The Labute approximate surface area is 139 Å². The highest BCUT2D eigenvalue weighted by Crippen LogP contribution is 2.21. The number of anilines is 1. The molecule has 1 saturated heterocycles. The molecular weight excluding hydrogens is 284 g/mol. The lowest BCUT2D eigenvalue weighted by Crippen LogP contribution is -2.36. The van der Waals surface area contributed by atoms with Gasteiger partial charge in [0.2, 0.25) is 0 Å². The molecular formula is C19H26N4. The van der Waals surface area contributed by atoms with Crippen molar-refractivity contribution in [2.24, 2.45) is 0 Å². The van der Waals surface area contributed by atoms with Crippen molar-refractivity contribution in [3.8, 4) is 0 Å². The third-order valence-electron chi connectivity index (χ3n) is 4.69. The zero-order valence-corrected chi connectivity index (χ0v) is 14.1. The van der Waals surface area contributed by atoms with E-state index < -0.39 is 0 Å². The van der Waals surface area contributed by atoms with Crippen molar-refractivity contribution in [1.82, 2.24) is 14.9 Å². The molecule has 4 heteroatoms. The highest BCUT2D eigenvalue weighted by molar-refractivity contribution is 5.46. The van der Waals surface area contributed by atoms with E-state index in [-0.39, 0.29) is 6.04 Å². The van der Waals surface area contributed by atoms with Gasteiger partial charge in [0.25, 0.3) is 0 Å². The van der Waals surface area contributed by atoms with Crippen LogP contribution in [0.15, 0.2) is 42.9 Å². The quantitative estimate of drug-likeness (QED) is 0.905. The molecule has 0 bridgehead atoms. The van der Waals surface area contributed by atoms with E-state index in [1.807, 2.05) is 6.20 Å². The van der Waals surface area contributed by atoms with Gasteiger partial charge in [-0.1, -0.05) is 18.6 Å². The van der Waals surface area contributed by atoms with Crippen LogP contribution in [-0.4, -0.2) is 27.5 Å². The fraction of sp³-hybridized carbons (Fsp3) is 0.474. The molecule has 1 aromatic carbocycles. The molecule has 0 saturated carbocycles. The van der Waals surface area contributed by atoms with Crippen molar-refractivity contribution in [3.05, 3.63) is 54.1 Å². The van der Waals surface area contributed by atoms with Crippen LogP contribution in [0.2, 0.25) is 0 Å². The van der Waals surface area contributed by atoms with Gasteiger partial charge in [0.15, 0.2) is 0 Å². The average Bonchev–Trinajstić information content (AvgIpc) is 2.59. The Morgan fingerprint density at radius 2 is 2.04 bits per heavy atom. The van der Waals surface area contributed by atoms with E-state index >= 15 is 0 Å². The Morgan fingerprint density at radius 1 is 1.22 bits per heavy atom. The Balaban J connectivity index is 1.58. The standard InChI is InChI=1S/C19H26N4/c1-15-5-3-4-12-23(15)14-17-6-8-18(9-7-17)22-16(2)19-13-20-10-11-21-19/h6-11,13,15-16,22H,3-5,12,14H2,1-2H3/t15-,16+/m0/s1. The summed E-state index contributed by atoms with van der Waals surface area (Å²) in [6, 6.07) is 9.64. The van der Waals surface area contributed by atoms with Crippen LogP contribution in [-0.2, 0) is 6.54 Å². The third-order valence-corrected chi connectivity index (χ3v) is 4.69. The molecule has 122 valence electrons. The number of likely N-dealkylation sites (tertiary alicyclic amines) is 1. The van der Waals surface area contributed by atoms with Crippen molar-refractivity contribution in [1.29, 1.82) is 0 Å². The minimum Gasteiger partial charge on any atom is -0.377 e. The molecule has 1 fully saturated rings. The van der Waals surface area contributed by atoms with E-state index in [9.17, 15) is 0 Å². The van der Waals surface area contributed by atoms with Crippen LogP contribution in [0.4, 0.5) is 5.69 Å². The molecule has 1 aliphatic heterocycles. The van der Waals surface area contributed by atoms with Gasteiger partial charge >= 0.3 is 0 Å². The van der Waals surface area contributed by atoms with E-state index in [1.165, 1.54) is 31.4 Å². The van der Waals surface area contributed by atoms with Crippen LogP contribution in [0, 0.1) is 0 Å². The maximum atomic E-state index is 4.35. The molecule has 0 unspecified atom stereocenters. The van der Waals surface area contributed by atoms with E-state index in [4.69, 9.17) is 0 Å². The van der Waals surface area contributed by atoms with Gasteiger partial charge < -0.3 is 5.32 Å². The number of aromatic nitrogens is 2. The maximum Gasteiger partial charge on any atom is 0.0806 e. The van der Waals surface area contributed by atoms with E-state index in [2.05, 4.69) is 58.3 Å². The second-order valence-electron chi connectivity index (χ2n) is 6.51. The Bertz CT molecular complexity index is 597. The topological polar surface area (TPSA) is 41.0 Å². The first-order valence-corrected chi connectivity index (χ1v) is 8.58. The summed E-state index contributed by atoms with van der Waals surface area (Å²) in [6.07, 6.45) is 9.28. The summed E-state index contributed by atoms with van der Waals surface area (Å²) >= 11 is 0. The summed E-state index contributed by atoms with van der Waals surface area (Å²) in [7, 11) is 0. The molecule has 23 heavy (non-hydrogen) atoms. The van der Waals surface area contributed by atoms with Crippen LogP contribution in [0.1, 0.15) is 50.4 Å². The molecule has 4 nitrogen and oxygen atoms in total. The first kappa shape index (κ1) is 15.9. The van der Waals surface area contributed by atoms with E-state index in [1.54, 1.807) is 12.4 Å². The molecule has 1 aromatic heterocycles. The number of benzene rings is 1. The second kappa shape index (κ2) is 7.55. The Hall–Kier alpha value is -1.94. The number of nitrogens with zero attached hydrogens (tertiary/aromatic N) is 3. The van der Waals surface area contributed by atoms with E-state index in [0.717, 1.165) is 17.9 Å². The lowest BCUT2D eigenvalue weighted by atomic mass is 10.0. The predicted molar refractivity (Wildman–Crippen MR) is 94.2 cm³/mol. The molecule has 0 radical (unpaired) electrons. The summed E-state index contributed by atoms with van der Waals surface area (Å²) in [5.41, 5.74) is 3.47. The van der Waals surface area contributed by atoms with Gasteiger partial charge in [-0.15, -0.1) is 0 Å². The molecule has 0 aliphatic carbocycles. The fourth-order valence-corrected chi connectivity index (χ4v) is 3.19. The summed E-state index contributed by atoms with van der Waals surface area (Å²) in [5, 5.41) is 3.48. The van der Waals surface area contributed by atoms with Crippen molar-refractivity contribution in [2.45, 2.75) is 51.7 Å². The number of piperidine rings is 1. The molecule has 0 spiro atoms. The molecule has 1 N–H and O–H groups in total. The Morgan fingerprint density at radius 3 is 2.74 bits per heavy atom. The van der Waals surface area contributed by atoms with Gasteiger partial charge in [-0.2, -0.15) is 0 Å². The zero-order valence-electron chi connectivity index (χ0n) is 14.1. The van der Waals surface area contributed by atoms with Crippen molar-refractivity contribution in [2.75, 3.05) is 11.9 Å². The highest BCUT2D eigenvalue weighted by atomic mass is 15.2. The number of hydrogen-bond donors (Lipinski definition) is 1.